The van der Waals surface area contributed by atoms with Gasteiger partial charge in [0.05, 0.1) is 17.1 Å². The van der Waals surface area contributed by atoms with E-state index in [9.17, 15) is 0 Å². The maximum Gasteiger partial charge on any atom is 0.161 e. The van der Waals surface area contributed by atoms with Crippen LogP contribution in [0.25, 0.3) is 78.5 Å². The lowest BCUT2D eigenvalue weighted by molar-refractivity contribution is 0.590. The van der Waals surface area contributed by atoms with Crippen molar-refractivity contribution in [3.05, 3.63) is 199 Å². The zero-order chi connectivity index (χ0) is 46.3. The summed E-state index contributed by atoms with van der Waals surface area (Å²) in [6.07, 6.45) is 3.92. The lowest BCUT2D eigenvalue weighted by Gasteiger charge is -2.21. The van der Waals surface area contributed by atoms with Crippen LogP contribution in [0, 0.1) is 0 Å². The number of allylic oxidation sites excluding steroid dienone is 1. The molecule has 0 N–H and O–H groups in total. The molecule has 0 saturated carbocycles. The predicted octanol–water partition coefficient (Wildman–Crippen LogP) is 16.9. The predicted molar refractivity (Wildman–Crippen MR) is 277 cm³/mol. The molecule has 3 heteroatoms. The number of rotatable bonds is 9. The Balaban J connectivity index is 1.16. The van der Waals surface area contributed by atoms with Crippen LogP contribution in [0.5, 0.6) is 0 Å². The van der Waals surface area contributed by atoms with Crippen LogP contribution in [-0.2, 0) is 21.7 Å². The van der Waals surface area contributed by atoms with E-state index in [0.717, 1.165) is 50.5 Å². The molecule has 0 saturated heterocycles. The van der Waals surface area contributed by atoms with Crippen LogP contribution in [-0.4, -0.2) is 15.0 Å². The summed E-state index contributed by atoms with van der Waals surface area (Å²) in [5, 5.41) is 0. The summed E-state index contributed by atoms with van der Waals surface area (Å²) in [6.45, 7) is 28.7. The molecule has 2 aromatic heterocycles. The molecule has 0 bridgehead atoms. The quantitative estimate of drug-likeness (QED) is 0.136. The highest BCUT2D eigenvalue weighted by Crippen LogP contribution is 2.37. The Kier molecular flexibility index (Phi) is 12.0. The molecule has 2 heterocycles. The van der Waals surface area contributed by atoms with E-state index in [-0.39, 0.29) is 21.7 Å². The normalized spacial score (nSPS) is 12.3. The van der Waals surface area contributed by atoms with Gasteiger partial charge < -0.3 is 0 Å². The molecule has 0 aliphatic rings. The fraction of sp³-hybridized carbons (Fsp3) is 0.242. The summed E-state index contributed by atoms with van der Waals surface area (Å²) in [5.74, 6) is 0.645. The van der Waals surface area contributed by atoms with Crippen molar-refractivity contribution in [2.24, 2.45) is 0 Å². The van der Waals surface area contributed by atoms with Gasteiger partial charge in [-0.3, -0.25) is 4.98 Å². The van der Waals surface area contributed by atoms with Gasteiger partial charge in [0.15, 0.2) is 5.82 Å². The number of hydrogen-bond donors (Lipinski definition) is 0. The molecular weight excluding hydrogens is 787 g/mol. The summed E-state index contributed by atoms with van der Waals surface area (Å²) in [7, 11) is 0. The third kappa shape index (κ3) is 10.0. The van der Waals surface area contributed by atoms with Crippen LogP contribution >= 0.6 is 0 Å². The summed E-state index contributed by atoms with van der Waals surface area (Å²) in [6, 6.07) is 57.5. The van der Waals surface area contributed by atoms with Gasteiger partial charge in [-0.1, -0.05) is 197 Å². The first-order valence-corrected chi connectivity index (χ1v) is 22.9. The standard InChI is InChI=1S/C62H63N3/c1-13-62(11,12)54-32-19-42(20-33-54)49-36-48(41-17-26-51(27-18-41)59(2,3)4)37-50(38-49)45-15-14-16-46(35-45)55-34-25-47(40-63-55)58-64-56(43-21-28-52(29-22-43)60(5,6)7)39-57(65-58)44-23-30-53(31-24-44)61(8,9)10/h13-40H,1H2,2-12H3. The molecule has 0 unspecified atom stereocenters. The molecule has 0 fully saturated rings. The molecule has 0 amide bonds. The third-order valence-electron chi connectivity index (χ3n) is 12.8. The van der Waals surface area contributed by atoms with E-state index in [0.29, 0.717) is 5.82 Å². The SMILES string of the molecule is C=CC(C)(C)c1ccc(-c2cc(-c3ccc(C(C)(C)C)cc3)cc(-c3cccc(-c4ccc(-c5nc(-c6ccc(C(C)(C)C)cc6)cc(-c6ccc(C(C)(C)C)cc6)n5)cn4)c3)c2)cc1. The lowest BCUT2D eigenvalue weighted by Crippen LogP contribution is -2.12. The topological polar surface area (TPSA) is 38.7 Å². The van der Waals surface area contributed by atoms with E-state index < -0.39 is 0 Å². The maximum absolute atomic E-state index is 5.15. The Morgan fingerprint density at radius 1 is 0.338 bits per heavy atom. The Hall–Kier alpha value is -6.71. The van der Waals surface area contributed by atoms with E-state index in [2.05, 4.69) is 240 Å². The summed E-state index contributed by atoms with van der Waals surface area (Å²) in [5.41, 5.74) is 18.9. The molecule has 6 aromatic carbocycles. The van der Waals surface area contributed by atoms with E-state index >= 15 is 0 Å². The fourth-order valence-corrected chi connectivity index (χ4v) is 8.21. The van der Waals surface area contributed by atoms with Crippen molar-refractivity contribution in [2.75, 3.05) is 0 Å². The van der Waals surface area contributed by atoms with Gasteiger partial charge in [-0.2, -0.15) is 0 Å². The average molecular weight is 850 g/mol. The van der Waals surface area contributed by atoms with Crippen molar-refractivity contribution >= 4 is 0 Å². The van der Waals surface area contributed by atoms with Crippen molar-refractivity contribution in [1.82, 2.24) is 15.0 Å². The van der Waals surface area contributed by atoms with Crippen molar-refractivity contribution in [3.8, 4) is 78.5 Å². The molecule has 3 nitrogen and oxygen atoms in total. The minimum absolute atomic E-state index is 0.0598. The summed E-state index contributed by atoms with van der Waals surface area (Å²) < 4.78 is 0. The van der Waals surface area contributed by atoms with Gasteiger partial charge in [-0.15, -0.1) is 6.58 Å². The highest BCUT2D eigenvalue weighted by Gasteiger charge is 2.20. The minimum Gasteiger partial charge on any atom is -0.255 e. The molecule has 8 aromatic rings. The van der Waals surface area contributed by atoms with Crippen LogP contribution in [0.3, 0.4) is 0 Å². The summed E-state index contributed by atoms with van der Waals surface area (Å²) in [4.78, 5) is 15.4. The second kappa shape index (κ2) is 17.3. The Bertz CT molecular complexity index is 2870. The Morgan fingerprint density at radius 3 is 1.11 bits per heavy atom. The minimum atomic E-state index is -0.106. The first-order chi connectivity index (χ1) is 30.7. The Labute approximate surface area is 388 Å². The molecule has 0 spiro atoms. The van der Waals surface area contributed by atoms with Gasteiger partial charge in [0.1, 0.15) is 0 Å². The van der Waals surface area contributed by atoms with Crippen LogP contribution in [0.1, 0.15) is 98.4 Å². The van der Waals surface area contributed by atoms with Crippen LogP contribution < -0.4 is 0 Å². The molecular formula is C62H63N3. The van der Waals surface area contributed by atoms with Crippen LogP contribution in [0.15, 0.2) is 177 Å². The van der Waals surface area contributed by atoms with Gasteiger partial charge in [0, 0.05) is 33.9 Å². The summed E-state index contributed by atoms with van der Waals surface area (Å²) >= 11 is 0. The zero-order valence-electron chi connectivity index (χ0n) is 40.2. The Morgan fingerprint density at radius 2 is 0.708 bits per heavy atom. The first kappa shape index (κ1) is 44.9. The fourth-order valence-electron chi connectivity index (χ4n) is 8.21. The van der Waals surface area contributed by atoms with Crippen LogP contribution in [0.2, 0.25) is 0 Å². The zero-order valence-corrected chi connectivity index (χ0v) is 40.2. The van der Waals surface area contributed by atoms with Crippen molar-refractivity contribution < 1.29 is 0 Å². The van der Waals surface area contributed by atoms with Gasteiger partial charge in [0.2, 0.25) is 0 Å². The van der Waals surface area contributed by atoms with Crippen LogP contribution in [0.4, 0.5) is 0 Å². The van der Waals surface area contributed by atoms with E-state index in [1.807, 2.05) is 12.3 Å². The van der Waals surface area contributed by atoms with Crippen molar-refractivity contribution in [2.45, 2.75) is 97.8 Å². The molecule has 0 atom stereocenters. The number of nitrogens with zero attached hydrogens (tertiary/aromatic N) is 3. The van der Waals surface area contributed by atoms with Crippen molar-refractivity contribution in [3.63, 3.8) is 0 Å². The second-order valence-corrected chi connectivity index (χ2v) is 21.3. The monoisotopic (exact) mass is 850 g/mol. The molecule has 0 aliphatic heterocycles. The van der Waals surface area contributed by atoms with Gasteiger partial charge >= 0.3 is 0 Å². The molecule has 0 radical (unpaired) electrons. The van der Waals surface area contributed by atoms with Gasteiger partial charge in [-0.25, -0.2) is 9.97 Å². The number of pyridine rings is 1. The van der Waals surface area contributed by atoms with Crippen molar-refractivity contribution in [1.29, 1.82) is 0 Å². The average Bonchev–Trinajstić information content (AvgIpc) is 3.30. The first-order valence-electron chi connectivity index (χ1n) is 22.9. The van der Waals surface area contributed by atoms with E-state index in [1.54, 1.807) is 0 Å². The van der Waals surface area contributed by atoms with E-state index in [1.165, 1.54) is 44.5 Å². The smallest absolute Gasteiger partial charge is 0.161 e. The largest absolute Gasteiger partial charge is 0.255 e. The number of aromatic nitrogens is 3. The molecule has 65 heavy (non-hydrogen) atoms. The van der Waals surface area contributed by atoms with E-state index in [4.69, 9.17) is 15.0 Å². The third-order valence-corrected chi connectivity index (χ3v) is 12.8. The van der Waals surface area contributed by atoms with Gasteiger partial charge in [-0.05, 0) is 114 Å². The van der Waals surface area contributed by atoms with Gasteiger partial charge in [0.25, 0.3) is 0 Å². The number of hydrogen-bond acceptors (Lipinski definition) is 3. The highest BCUT2D eigenvalue weighted by molar-refractivity contribution is 5.83. The highest BCUT2D eigenvalue weighted by atomic mass is 14.9. The molecule has 8 rings (SSSR count). The maximum atomic E-state index is 5.15. The second-order valence-electron chi connectivity index (χ2n) is 21.3. The lowest BCUT2D eigenvalue weighted by atomic mass is 9.84. The molecule has 0 aliphatic carbocycles. The molecule has 326 valence electrons. The number of benzene rings is 6.